The number of anilines is 1. The van der Waals surface area contributed by atoms with Gasteiger partial charge >= 0.3 is 6.01 Å². The molecule has 0 aromatic carbocycles. The van der Waals surface area contributed by atoms with Crippen LogP contribution >= 0.6 is 0 Å². The Balaban J connectivity index is 2.05. The summed E-state index contributed by atoms with van der Waals surface area (Å²) in [5, 5.41) is 3.05. The van der Waals surface area contributed by atoms with Gasteiger partial charge in [0.05, 0.1) is 12.4 Å². The molecular formula is C14H21N5O2. The molecule has 3 heterocycles. The van der Waals surface area contributed by atoms with Crippen molar-refractivity contribution < 1.29 is 9.47 Å². The van der Waals surface area contributed by atoms with E-state index in [0.717, 1.165) is 37.0 Å². The van der Waals surface area contributed by atoms with Gasteiger partial charge in [0.2, 0.25) is 0 Å². The van der Waals surface area contributed by atoms with Gasteiger partial charge in [-0.15, -0.1) is 0 Å². The number of fused-ring (bicyclic) bond motifs is 1. The van der Waals surface area contributed by atoms with Gasteiger partial charge in [-0.05, 0) is 33.1 Å². The predicted molar refractivity (Wildman–Crippen MR) is 79.5 cm³/mol. The molecule has 1 aliphatic rings. The molecule has 0 spiro atoms. The number of nitrogens with one attached hydrogen (secondary N) is 1. The first kappa shape index (κ1) is 14.1. The fourth-order valence-corrected chi connectivity index (χ4v) is 2.49. The van der Waals surface area contributed by atoms with Gasteiger partial charge < -0.3 is 14.8 Å². The molecular weight excluding hydrogens is 270 g/mol. The molecule has 0 saturated carbocycles. The van der Waals surface area contributed by atoms with Crippen LogP contribution in [-0.2, 0) is 4.74 Å². The predicted octanol–water partition coefficient (Wildman–Crippen LogP) is 2.35. The van der Waals surface area contributed by atoms with Crippen molar-refractivity contribution in [3.63, 3.8) is 0 Å². The molecule has 0 bridgehead atoms. The minimum atomic E-state index is -0.00439. The normalized spacial score (nSPS) is 19.1. The van der Waals surface area contributed by atoms with E-state index in [1.54, 1.807) is 6.33 Å². The lowest BCUT2D eigenvalue weighted by Gasteiger charge is -2.23. The highest BCUT2D eigenvalue weighted by atomic mass is 16.5. The molecule has 1 atom stereocenters. The summed E-state index contributed by atoms with van der Waals surface area (Å²) >= 11 is 0. The molecule has 21 heavy (non-hydrogen) atoms. The Hall–Kier alpha value is -1.89. The maximum absolute atomic E-state index is 5.83. The smallest absolute Gasteiger partial charge is 0.320 e. The summed E-state index contributed by atoms with van der Waals surface area (Å²) in [5.41, 5.74) is 1.49. The Morgan fingerprint density at radius 1 is 1.38 bits per heavy atom. The highest BCUT2D eigenvalue weighted by Gasteiger charge is 2.21. The molecule has 1 aliphatic heterocycles. The van der Waals surface area contributed by atoms with Crippen LogP contribution < -0.4 is 10.1 Å². The molecule has 1 saturated heterocycles. The van der Waals surface area contributed by atoms with Crippen LogP contribution in [0, 0.1) is 0 Å². The monoisotopic (exact) mass is 291 g/mol. The van der Waals surface area contributed by atoms with Crippen molar-refractivity contribution in [2.24, 2.45) is 0 Å². The van der Waals surface area contributed by atoms with Crippen LogP contribution in [0.4, 0.5) is 5.82 Å². The van der Waals surface area contributed by atoms with Crippen LogP contribution in [0.3, 0.4) is 0 Å². The summed E-state index contributed by atoms with van der Waals surface area (Å²) < 4.78 is 13.4. The third kappa shape index (κ3) is 2.78. The molecule has 114 valence electrons. The fourth-order valence-electron chi connectivity index (χ4n) is 2.49. The molecule has 1 unspecified atom stereocenters. The van der Waals surface area contributed by atoms with Crippen molar-refractivity contribution in [1.82, 2.24) is 19.5 Å². The largest absolute Gasteiger partial charge is 0.461 e. The van der Waals surface area contributed by atoms with Crippen molar-refractivity contribution in [3.05, 3.63) is 6.33 Å². The van der Waals surface area contributed by atoms with Crippen molar-refractivity contribution in [3.8, 4) is 6.01 Å². The number of aromatic nitrogens is 4. The van der Waals surface area contributed by atoms with Gasteiger partial charge in [-0.2, -0.15) is 9.97 Å². The van der Waals surface area contributed by atoms with Gasteiger partial charge in [0, 0.05) is 13.7 Å². The average Bonchev–Trinajstić information content (AvgIpc) is 2.90. The molecule has 0 radical (unpaired) electrons. The number of nitrogens with zero attached hydrogens (tertiary/aromatic N) is 4. The molecule has 0 aliphatic carbocycles. The van der Waals surface area contributed by atoms with E-state index < -0.39 is 0 Å². The summed E-state index contributed by atoms with van der Waals surface area (Å²) in [7, 11) is 1.82. The summed E-state index contributed by atoms with van der Waals surface area (Å²) in [6.07, 6.45) is 5.04. The maximum Gasteiger partial charge on any atom is 0.320 e. The Labute approximate surface area is 123 Å². The van der Waals surface area contributed by atoms with E-state index in [4.69, 9.17) is 9.47 Å². The van der Waals surface area contributed by atoms with E-state index >= 15 is 0 Å². The van der Waals surface area contributed by atoms with E-state index in [1.165, 1.54) is 0 Å². The first-order valence-electron chi connectivity index (χ1n) is 7.39. The zero-order chi connectivity index (χ0) is 14.8. The molecule has 7 heteroatoms. The van der Waals surface area contributed by atoms with Crippen LogP contribution in [0.5, 0.6) is 6.01 Å². The van der Waals surface area contributed by atoms with Crippen LogP contribution in [0.2, 0.25) is 0 Å². The van der Waals surface area contributed by atoms with E-state index in [1.807, 2.05) is 25.5 Å². The quantitative estimate of drug-likeness (QED) is 0.932. The van der Waals surface area contributed by atoms with E-state index in [9.17, 15) is 0 Å². The second-order valence-corrected chi connectivity index (χ2v) is 5.42. The average molecular weight is 291 g/mol. The third-order valence-electron chi connectivity index (χ3n) is 3.44. The standard InChI is InChI=1S/C14H21N5O2/c1-9(2)21-14-17-12(15-3)11-13(18-14)19(8-16-11)10-6-4-5-7-20-10/h8-10H,4-7H2,1-3H3,(H,15,17,18). The molecule has 3 rings (SSSR count). The fraction of sp³-hybridized carbons (Fsp3) is 0.643. The van der Waals surface area contributed by atoms with E-state index in [-0.39, 0.29) is 12.3 Å². The van der Waals surface area contributed by atoms with Crippen molar-refractivity contribution in [1.29, 1.82) is 0 Å². The SMILES string of the molecule is CNc1nc(OC(C)C)nc2c1ncn2C1CCCCO1. The minimum absolute atomic E-state index is 0.00439. The summed E-state index contributed by atoms with van der Waals surface area (Å²) in [6, 6.07) is 0.361. The van der Waals surface area contributed by atoms with Crippen molar-refractivity contribution >= 4 is 17.0 Å². The maximum atomic E-state index is 5.83. The number of hydrogen-bond donors (Lipinski definition) is 1. The van der Waals surface area contributed by atoms with Gasteiger partial charge in [0.15, 0.2) is 17.0 Å². The molecule has 0 amide bonds. The molecule has 1 N–H and O–H groups in total. The lowest BCUT2D eigenvalue weighted by Crippen LogP contribution is -2.18. The van der Waals surface area contributed by atoms with Crippen LogP contribution in [0.15, 0.2) is 6.33 Å². The first-order valence-corrected chi connectivity index (χ1v) is 7.39. The number of rotatable bonds is 4. The van der Waals surface area contributed by atoms with Crippen LogP contribution in [0.1, 0.15) is 39.3 Å². The van der Waals surface area contributed by atoms with E-state index in [2.05, 4.69) is 20.3 Å². The number of ether oxygens (including phenoxy) is 2. The van der Waals surface area contributed by atoms with Crippen LogP contribution in [0.25, 0.3) is 11.2 Å². The lowest BCUT2D eigenvalue weighted by atomic mass is 10.2. The van der Waals surface area contributed by atoms with Gasteiger partial charge in [-0.25, -0.2) is 4.98 Å². The molecule has 7 nitrogen and oxygen atoms in total. The second kappa shape index (κ2) is 5.85. The number of imidazole rings is 1. The van der Waals surface area contributed by atoms with E-state index in [0.29, 0.717) is 11.8 Å². The topological polar surface area (TPSA) is 74.1 Å². The Morgan fingerprint density at radius 3 is 2.90 bits per heavy atom. The van der Waals surface area contributed by atoms with Gasteiger partial charge in [-0.1, -0.05) is 0 Å². The second-order valence-electron chi connectivity index (χ2n) is 5.42. The van der Waals surface area contributed by atoms with Crippen molar-refractivity contribution in [2.75, 3.05) is 19.0 Å². The van der Waals surface area contributed by atoms with Crippen LogP contribution in [-0.4, -0.2) is 39.3 Å². The van der Waals surface area contributed by atoms with Crippen molar-refractivity contribution in [2.45, 2.75) is 45.4 Å². The highest BCUT2D eigenvalue weighted by molar-refractivity contribution is 5.83. The lowest BCUT2D eigenvalue weighted by molar-refractivity contribution is -0.0298. The van der Waals surface area contributed by atoms with Gasteiger partial charge in [-0.3, -0.25) is 4.57 Å². The molecule has 2 aromatic heterocycles. The number of hydrogen-bond acceptors (Lipinski definition) is 6. The summed E-state index contributed by atoms with van der Waals surface area (Å²) in [6.45, 7) is 4.69. The Morgan fingerprint density at radius 2 is 2.24 bits per heavy atom. The molecule has 1 fully saturated rings. The van der Waals surface area contributed by atoms with Gasteiger partial charge in [0.1, 0.15) is 6.23 Å². The zero-order valence-corrected chi connectivity index (χ0v) is 12.7. The van der Waals surface area contributed by atoms with Gasteiger partial charge in [0.25, 0.3) is 0 Å². The summed E-state index contributed by atoms with van der Waals surface area (Å²) in [4.78, 5) is 13.3. The third-order valence-corrected chi connectivity index (χ3v) is 3.44. The highest BCUT2D eigenvalue weighted by Crippen LogP contribution is 2.28. The molecule has 2 aromatic rings. The zero-order valence-electron chi connectivity index (χ0n) is 12.7. The summed E-state index contributed by atoms with van der Waals surface area (Å²) in [5.74, 6) is 0.671. The Kier molecular flexibility index (Phi) is 3.92. The first-order chi connectivity index (χ1) is 10.2. The Bertz CT molecular complexity index is 619. The minimum Gasteiger partial charge on any atom is -0.461 e.